The van der Waals surface area contributed by atoms with Gasteiger partial charge in [0.15, 0.2) is 5.69 Å². The molecule has 1 aromatic rings. The third-order valence-corrected chi connectivity index (χ3v) is 2.15. The van der Waals surface area contributed by atoms with E-state index in [2.05, 4.69) is 10.3 Å². The maximum Gasteiger partial charge on any atom is 0.356 e. The van der Waals surface area contributed by atoms with Crippen molar-refractivity contribution >= 4 is 34.9 Å². The van der Waals surface area contributed by atoms with Gasteiger partial charge in [0.05, 0.1) is 10.7 Å². The third kappa shape index (κ3) is 2.97. The van der Waals surface area contributed by atoms with Crippen molar-refractivity contribution in [3.63, 3.8) is 0 Å². The Morgan fingerprint density at radius 2 is 2.13 bits per heavy atom. The second-order valence-electron chi connectivity index (χ2n) is 3.26. The lowest BCUT2D eigenvalue weighted by atomic mass is 10.3. The van der Waals surface area contributed by atoms with Crippen molar-refractivity contribution in [3.05, 3.63) is 21.9 Å². The summed E-state index contributed by atoms with van der Waals surface area (Å²) in [4.78, 5) is 14.4. The van der Waals surface area contributed by atoms with Gasteiger partial charge in [-0.15, -0.1) is 0 Å². The summed E-state index contributed by atoms with van der Waals surface area (Å²) < 4.78 is 0. The van der Waals surface area contributed by atoms with Crippen LogP contribution in [0.1, 0.15) is 24.3 Å². The van der Waals surface area contributed by atoms with Crippen LogP contribution in [0.15, 0.2) is 6.07 Å². The minimum Gasteiger partial charge on any atom is -0.476 e. The van der Waals surface area contributed by atoms with Gasteiger partial charge >= 0.3 is 5.97 Å². The summed E-state index contributed by atoms with van der Waals surface area (Å²) >= 11 is 11.5. The molecule has 2 N–H and O–H groups in total. The quantitative estimate of drug-likeness (QED) is 0.808. The first-order valence-electron chi connectivity index (χ1n) is 4.27. The Kier molecular flexibility index (Phi) is 3.77. The summed E-state index contributed by atoms with van der Waals surface area (Å²) in [6.45, 7) is 3.82. The van der Waals surface area contributed by atoms with Crippen molar-refractivity contribution in [2.75, 3.05) is 5.32 Å². The maximum atomic E-state index is 10.8. The molecule has 0 unspecified atom stereocenters. The van der Waals surface area contributed by atoms with Gasteiger partial charge in [0.25, 0.3) is 0 Å². The minimum atomic E-state index is -1.20. The molecule has 0 spiro atoms. The van der Waals surface area contributed by atoms with E-state index in [1.165, 1.54) is 6.07 Å². The molecule has 6 heteroatoms. The van der Waals surface area contributed by atoms with Crippen LogP contribution in [0.5, 0.6) is 0 Å². The number of aromatic nitrogens is 1. The Morgan fingerprint density at radius 3 is 2.60 bits per heavy atom. The van der Waals surface area contributed by atoms with E-state index in [0.717, 1.165) is 0 Å². The van der Waals surface area contributed by atoms with E-state index in [9.17, 15) is 4.79 Å². The molecule has 0 aliphatic heterocycles. The Labute approximate surface area is 97.2 Å². The average Bonchev–Trinajstić information content (AvgIpc) is 2.09. The van der Waals surface area contributed by atoms with E-state index in [1.807, 2.05) is 13.8 Å². The minimum absolute atomic E-state index is 0.0700. The van der Waals surface area contributed by atoms with E-state index in [1.54, 1.807) is 0 Å². The van der Waals surface area contributed by atoms with Crippen LogP contribution in [0.2, 0.25) is 10.2 Å². The zero-order chi connectivity index (χ0) is 11.6. The number of carboxylic acid groups (broad SMARTS) is 1. The van der Waals surface area contributed by atoms with Gasteiger partial charge in [-0.05, 0) is 13.8 Å². The van der Waals surface area contributed by atoms with Crippen LogP contribution < -0.4 is 5.32 Å². The predicted octanol–water partition coefficient (Wildman–Crippen LogP) is 2.91. The van der Waals surface area contributed by atoms with Crippen LogP contribution in [0, 0.1) is 0 Å². The average molecular weight is 249 g/mol. The summed E-state index contributed by atoms with van der Waals surface area (Å²) in [5.74, 6) is -1.20. The first kappa shape index (κ1) is 12.1. The molecule has 1 rings (SSSR count). The highest BCUT2D eigenvalue weighted by Gasteiger charge is 2.16. The molecular weight excluding hydrogens is 239 g/mol. The van der Waals surface area contributed by atoms with Gasteiger partial charge < -0.3 is 10.4 Å². The Bertz CT molecular complexity index is 394. The SMILES string of the molecule is CC(C)Nc1cc(Cl)nc(C(=O)O)c1Cl. The molecule has 0 saturated carbocycles. The molecule has 0 atom stereocenters. The van der Waals surface area contributed by atoms with Crippen LogP contribution in [0.3, 0.4) is 0 Å². The number of hydrogen-bond acceptors (Lipinski definition) is 3. The number of pyridine rings is 1. The standard InChI is InChI=1S/C9H10Cl2N2O2/c1-4(2)12-5-3-6(10)13-8(7(5)11)9(14)15/h3-4H,1-2H3,(H,12,13)(H,14,15). The van der Waals surface area contributed by atoms with Crippen LogP contribution in [-0.4, -0.2) is 22.1 Å². The van der Waals surface area contributed by atoms with Crippen LogP contribution in [0.25, 0.3) is 0 Å². The Balaban J connectivity index is 3.22. The van der Waals surface area contributed by atoms with Gasteiger partial charge in [-0.25, -0.2) is 9.78 Å². The largest absolute Gasteiger partial charge is 0.476 e. The van der Waals surface area contributed by atoms with Crippen LogP contribution in [-0.2, 0) is 0 Å². The van der Waals surface area contributed by atoms with Gasteiger partial charge in [-0.1, -0.05) is 23.2 Å². The van der Waals surface area contributed by atoms with E-state index in [4.69, 9.17) is 28.3 Å². The first-order valence-corrected chi connectivity index (χ1v) is 5.03. The summed E-state index contributed by atoms with van der Waals surface area (Å²) in [5.41, 5.74) is 0.233. The summed E-state index contributed by atoms with van der Waals surface area (Å²) in [7, 11) is 0. The summed E-state index contributed by atoms with van der Waals surface area (Å²) in [5, 5.41) is 12.0. The van der Waals surface area contributed by atoms with Gasteiger partial charge in [0, 0.05) is 12.1 Å². The molecule has 0 fully saturated rings. The molecule has 82 valence electrons. The molecule has 0 aliphatic rings. The molecule has 0 radical (unpaired) electrons. The lowest BCUT2D eigenvalue weighted by Gasteiger charge is -2.12. The van der Waals surface area contributed by atoms with Crippen LogP contribution >= 0.6 is 23.2 Å². The smallest absolute Gasteiger partial charge is 0.356 e. The van der Waals surface area contributed by atoms with Crippen molar-refractivity contribution in [1.29, 1.82) is 0 Å². The predicted molar refractivity (Wildman–Crippen MR) is 60.0 cm³/mol. The molecule has 1 aromatic heterocycles. The second kappa shape index (κ2) is 4.68. The highest BCUT2D eigenvalue weighted by Crippen LogP contribution is 2.28. The maximum absolute atomic E-state index is 10.8. The number of nitrogens with zero attached hydrogens (tertiary/aromatic N) is 1. The summed E-state index contributed by atoms with van der Waals surface area (Å²) in [6, 6.07) is 1.62. The number of anilines is 1. The number of aromatic carboxylic acids is 1. The van der Waals surface area contributed by atoms with Crippen molar-refractivity contribution in [2.24, 2.45) is 0 Å². The second-order valence-corrected chi connectivity index (χ2v) is 4.02. The van der Waals surface area contributed by atoms with Gasteiger partial charge in [0.2, 0.25) is 0 Å². The number of halogens is 2. The van der Waals surface area contributed by atoms with Crippen LogP contribution in [0.4, 0.5) is 5.69 Å². The van der Waals surface area contributed by atoms with E-state index in [-0.39, 0.29) is 21.9 Å². The van der Waals surface area contributed by atoms with Crippen molar-refractivity contribution < 1.29 is 9.90 Å². The fourth-order valence-electron chi connectivity index (χ4n) is 1.06. The molecule has 0 bridgehead atoms. The lowest BCUT2D eigenvalue weighted by Crippen LogP contribution is -2.12. The molecule has 15 heavy (non-hydrogen) atoms. The number of carbonyl (C=O) groups is 1. The van der Waals surface area contributed by atoms with Crippen molar-refractivity contribution in [1.82, 2.24) is 4.98 Å². The van der Waals surface area contributed by atoms with E-state index >= 15 is 0 Å². The fourth-order valence-corrected chi connectivity index (χ4v) is 1.48. The lowest BCUT2D eigenvalue weighted by molar-refractivity contribution is 0.0691. The van der Waals surface area contributed by atoms with Crippen molar-refractivity contribution in [3.8, 4) is 0 Å². The highest BCUT2D eigenvalue weighted by atomic mass is 35.5. The monoisotopic (exact) mass is 248 g/mol. The molecular formula is C9H10Cl2N2O2. The highest BCUT2D eigenvalue weighted by molar-refractivity contribution is 6.37. The first-order chi connectivity index (χ1) is 6.91. The topological polar surface area (TPSA) is 62.2 Å². The molecule has 0 aromatic carbocycles. The number of nitrogens with one attached hydrogen (secondary N) is 1. The third-order valence-electron chi connectivity index (χ3n) is 1.57. The normalized spacial score (nSPS) is 10.5. The Hall–Kier alpha value is -1.00. The molecule has 1 heterocycles. The number of rotatable bonds is 3. The van der Waals surface area contributed by atoms with Gasteiger partial charge in [0.1, 0.15) is 5.15 Å². The molecule has 0 saturated heterocycles. The van der Waals surface area contributed by atoms with E-state index < -0.39 is 5.97 Å². The van der Waals surface area contributed by atoms with Gasteiger partial charge in [-0.3, -0.25) is 0 Å². The zero-order valence-corrected chi connectivity index (χ0v) is 9.73. The number of carboxylic acids is 1. The van der Waals surface area contributed by atoms with Gasteiger partial charge in [-0.2, -0.15) is 0 Å². The molecule has 4 nitrogen and oxygen atoms in total. The fraction of sp³-hybridized carbons (Fsp3) is 0.333. The van der Waals surface area contributed by atoms with E-state index in [0.29, 0.717) is 5.69 Å². The zero-order valence-electron chi connectivity index (χ0n) is 8.21. The summed E-state index contributed by atoms with van der Waals surface area (Å²) in [6.07, 6.45) is 0. The van der Waals surface area contributed by atoms with Crippen molar-refractivity contribution in [2.45, 2.75) is 19.9 Å². The molecule has 0 aliphatic carbocycles. The Morgan fingerprint density at radius 1 is 1.53 bits per heavy atom. The number of hydrogen-bond donors (Lipinski definition) is 2. The molecule has 0 amide bonds.